The summed E-state index contributed by atoms with van der Waals surface area (Å²) in [6.07, 6.45) is 1.44. The average molecular weight is 737 g/mol. The first-order valence-corrected chi connectivity index (χ1v) is 17.8. The Morgan fingerprint density at radius 1 is 0.788 bits per heavy atom. The molecule has 0 atom stereocenters. The van der Waals surface area contributed by atoms with Crippen molar-refractivity contribution in [3.8, 4) is 0 Å². The van der Waals surface area contributed by atoms with Crippen molar-refractivity contribution in [1.29, 1.82) is 0 Å². The number of ether oxygens (including phenoxy) is 1. The number of hydrogen-bond donors (Lipinski definition) is 4. The summed E-state index contributed by atoms with van der Waals surface area (Å²) in [5, 5.41) is 11.2. The van der Waals surface area contributed by atoms with Crippen molar-refractivity contribution in [2.75, 3.05) is 28.3 Å². The Morgan fingerprint density at radius 2 is 1.46 bits per heavy atom. The first kappa shape index (κ1) is 37.2. The van der Waals surface area contributed by atoms with Crippen LogP contribution < -0.4 is 21.3 Å². The van der Waals surface area contributed by atoms with Crippen molar-refractivity contribution in [3.63, 3.8) is 0 Å². The van der Waals surface area contributed by atoms with Gasteiger partial charge in [0.25, 0.3) is 17.7 Å². The molecule has 0 saturated carbocycles. The average Bonchev–Trinajstić information content (AvgIpc) is 3.47. The van der Waals surface area contributed by atoms with Gasteiger partial charge in [-0.3, -0.25) is 19.2 Å². The minimum atomic E-state index is -0.658. The lowest BCUT2D eigenvalue weighted by Crippen LogP contribution is -2.30. The smallest absolute Gasteiger partial charge is 0.341 e. The number of halogens is 1. The van der Waals surface area contributed by atoms with Gasteiger partial charge in [0.1, 0.15) is 16.5 Å². The molecule has 0 aliphatic rings. The lowest BCUT2D eigenvalue weighted by Gasteiger charge is -2.12. The van der Waals surface area contributed by atoms with Gasteiger partial charge in [-0.25, -0.2) is 9.18 Å². The number of esters is 1. The quantitative estimate of drug-likeness (QED) is 0.0550. The van der Waals surface area contributed by atoms with E-state index in [-0.39, 0.29) is 33.5 Å². The fourth-order valence-corrected chi connectivity index (χ4v) is 6.68. The van der Waals surface area contributed by atoms with Gasteiger partial charge in [0.15, 0.2) is 0 Å². The van der Waals surface area contributed by atoms with Crippen LogP contribution in [0.2, 0.25) is 0 Å². The summed E-state index contributed by atoms with van der Waals surface area (Å²) in [4.78, 5) is 66.4. The highest BCUT2D eigenvalue weighted by molar-refractivity contribution is 8.00. The number of thiophene rings is 1. The number of amides is 4. The zero-order valence-corrected chi connectivity index (χ0v) is 29.7. The number of anilines is 3. The zero-order chi connectivity index (χ0) is 37.0. The van der Waals surface area contributed by atoms with E-state index in [1.54, 1.807) is 92.7 Å². The highest BCUT2D eigenvalue weighted by Gasteiger charge is 2.27. The van der Waals surface area contributed by atoms with E-state index in [0.29, 0.717) is 33.0 Å². The molecule has 0 spiro atoms. The van der Waals surface area contributed by atoms with Gasteiger partial charge in [-0.15, -0.1) is 23.1 Å². The first-order valence-electron chi connectivity index (χ1n) is 16.0. The highest BCUT2D eigenvalue weighted by atomic mass is 32.2. The van der Waals surface area contributed by atoms with Crippen molar-refractivity contribution < 1.29 is 33.1 Å². The van der Waals surface area contributed by atoms with E-state index in [4.69, 9.17) is 4.74 Å². The molecule has 0 unspecified atom stereocenters. The Morgan fingerprint density at radius 3 is 2.15 bits per heavy atom. The van der Waals surface area contributed by atoms with Crippen molar-refractivity contribution in [3.05, 3.63) is 148 Å². The van der Waals surface area contributed by atoms with Crippen LogP contribution in [0.3, 0.4) is 0 Å². The molecule has 4 amide bonds. The maximum absolute atomic E-state index is 13.5. The molecule has 0 aliphatic heterocycles. The molecule has 0 aliphatic carbocycles. The molecular formula is C39H33FN4O6S2. The monoisotopic (exact) mass is 736 g/mol. The Kier molecular flexibility index (Phi) is 12.7. The van der Waals surface area contributed by atoms with E-state index in [9.17, 15) is 28.4 Å². The molecule has 5 aromatic rings. The Balaban J connectivity index is 1.27. The van der Waals surface area contributed by atoms with Crippen LogP contribution in [0, 0.1) is 12.7 Å². The van der Waals surface area contributed by atoms with Gasteiger partial charge in [0.2, 0.25) is 5.91 Å². The number of para-hydroxylation sites is 1. The minimum absolute atomic E-state index is 0.0645. The summed E-state index contributed by atoms with van der Waals surface area (Å²) in [6.45, 7) is 3.40. The van der Waals surface area contributed by atoms with Gasteiger partial charge < -0.3 is 26.0 Å². The summed E-state index contributed by atoms with van der Waals surface area (Å²) < 4.78 is 18.7. The van der Waals surface area contributed by atoms with Crippen LogP contribution in [-0.2, 0) is 14.3 Å². The molecule has 0 bridgehead atoms. The van der Waals surface area contributed by atoms with Crippen LogP contribution in [0.5, 0.6) is 0 Å². The van der Waals surface area contributed by atoms with Crippen molar-refractivity contribution in [2.24, 2.45) is 0 Å². The summed E-state index contributed by atoms with van der Waals surface area (Å²) in [5.74, 6) is -3.16. The second-order valence-corrected chi connectivity index (χ2v) is 13.1. The third-order valence-electron chi connectivity index (χ3n) is 7.29. The largest absolute Gasteiger partial charge is 0.462 e. The number of nitrogens with one attached hydrogen (secondary N) is 4. The number of carbonyl (C=O) groups is 5. The number of hydrogen-bond acceptors (Lipinski definition) is 8. The minimum Gasteiger partial charge on any atom is -0.462 e. The lowest BCUT2D eigenvalue weighted by molar-refractivity contribution is -0.114. The van der Waals surface area contributed by atoms with Crippen LogP contribution in [-0.4, -0.2) is 42.0 Å². The standard InChI is InChI=1S/C39H33FN4O6S2/c1-3-50-39(49)33-24(2)34(37(48)41-28-13-8-5-9-14-28)52-38(33)44-32(45)23-51-30-16-10-15-29(22-30)42-36(47)31(21-25-17-19-27(40)20-18-25)43-35(46)26-11-6-4-7-12-26/h4-22H,3,23H2,1-2H3,(H,41,48)(H,42,47)(H,43,46)(H,44,45)/b31-21-. The molecule has 4 N–H and O–H groups in total. The lowest BCUT2D eigenvalue weighted by atomic mass is 10.1. The maximum Gasteiger partial charge on any atom is 0.341 e. The van der Waals surface area contributed by atoms with Crippen molar-refractivity contribution >= 4 is 75.1 Å². The summed E-state index contributed by atoms with van der Waals surface area (Å²) >= 11 is 2.16. The van der Waals surface area contributed by atoms with Crippen LogP contribution in [0.15, 0.2) is 120 Å². The molecule has 4 aromatic carbocycles. The van der Waals surface area contributed by atoms with E-state index < -0.39 is 35.4 Å². The van der Waals surface area contributed by atoms with E-state index in [1.165, 1.54) is 42.1 Å². The Hall–Kier alpha value is -6.05. The second kappa shape index (κ2) is 17.7. The molecule has 5 rings (SSSR count). The molecule has 0 saturated heterocycles. The maximum atomic E-state index is 13.5. The summed E-state index contributed by atoms with van der Waals surface area (Å²) in [5.41, 5.74) is 2.23. The molecular weight excluding hydrogens is 704 g/mol. The summed E-state index contributed by atoms with van der Waals surface area (Å²) in [7, 11) is 0. The van der Waals surface area contributed by atoms with Crippen LogP contribution >= 0.6 is 23.1 Å². The first-order chi connectivity index (χ1) is 25.1. The molecule has 13 heteroatoms. The normalized spacial score (nSPS) is 10.9. The Bertz CT molecular complexity index is 2120. The third kappa shape index (κ3) is 10.0. The van der Waals surface area contributed by atoms with Gasteiger partial charge in [0, 0.05) is 21.8 Å². The molecule has 0 fully saturated rings. The van der Waals surface area contributed by atoms with Gasteiger partial charge in [-0.2, -0.15) is 0 Å². The highest BCUT2D eigenvalue weighted by Crippen LogP contribution is 2.35. The van der Waals surface area contributed by atoms with Gasteiger partial charge in [-0.1, -0.05) is 54.6 Å². The Labute approximate surface area is 307 Å². The number of carbonyl (C=O) groups excluding carboxylic acids is 5. The number of rotatable bonds is 13. The van der Waals surface area contributed by atoms with E-state index >= 15 is 0 Å². The third-order valence-corrected chi connectivity index (χ3v) is 9.49. The number of benzene rings is 4. The molecule has 264 valence electrons. The second-order valence-electron chi connectivity index (χ2n) is 11.0. The molecule has 1 heterocycles. The van der Waals surface area contributed by atoms with Crippen molar-refractivity contribution in [1.82, 2.24) is 5.32 Å². The predicted molar refractivity (Wildman–Crippen MR) is 202 cm³/mol. The van der Waals surface area contributed by atoms with Gasteiger partial charge >= 0.3 is 5.97 Å². The SMILES string of the molecule is CCOC(=O)c1c(NC(=O)CSc2cccc(NC(=O)/C(=C/c3ccc(F)cc3)NC(=O)c3ccccc3)c2)sc(C(=O)Nc2ccccc2)c1C. The van der Waals surface area contributed by atoms with Crippen molar-refractivity contribution in [2.45, 2.75) is 18.7 Å². The molecule has 52 heavy (non-hydrogen) atoms. The number of thioether (sulfide) groups is 1. The fourth-order valence-electron chi connectivity index (χ4n) is 4.82. The van der Waals surface area contributed by atoms with E-state index in [0.717, 1.165) is 11.3 Å². The predicted octanol–water partition coefficient (Wildman–Crippen LogP) is 7.77. The summed E-state index contributed by atoms with van der Waals surface area (Å²) in [6, 6.07) is 29.5. The van der Waals surface area contributed by atoms with Crippen LogP contribution in [0.4, 0.5) is 20.8 Å². The molecule has 10 nitrogen and oxygen atoms in total. The van der Waals surface area contributed by atoms with Crippen LogP contribution in [0.25, 0.3) is 6.08 Å². The molecule has 1 aromatic heterocycles. The van der Waals surface area contributed by atoms with E-state index in [1.807, 2.05) is 6.07 Å². The zero-order valence-electron chi connectivity index (χ0n) is 28.0. The fraction of sp³-hybridized carbons (Fsp3) is 0.103. The van der Waals surface area contributed by atoms with Gasteiger partial charge in [-0.05, 0) is 85.6 Å². The van der Waals surface area contributed by atoms with E-state index in [2.05, 4.69) is 21.3 Å². The topological polar surface area (TPSA) is 143 Å². The van der Waals surface area contributed by atoms with Gasteiger partial charge in [0.05, 0.1) is 22.8 Å². The molecule has 0 radical (unpaired) electrons. The van der Waals surface area contributed by atoms with Crippen LogP contribution in [0.1, 0.15) is 48.4 Å².